The summed E-state index contributed by atoms with van der Waals surface area (Å²) in [5.41, 5.74) is 6.13. The summed E-state index contributed by atoms with van der Waals surface area (Å²) < 4.78 is 67.0. The van der Waals surface area contributed by atoms with Gasteiger partial charge in [-0.05, 0) is 161 Å². The van der Waals surface area contributed by atoms with Crippen LogP contribution < -0.4 is 20.1 Å². The van der Waals surface area contributed by atoms with Crippen LogP contribution in [-0.4, -0.2) is 82.0 Å². The van der Waals surface area contributed by atoms with Crippen LogP contribution in [0.3, 0.4) is 0 Å². The van der Waals surface area contributed by atoms with Crippen LogP contribution in [0.15, 0.2) is 78.9 Å². The van der Waals surface area contributed by atoms with Crippen molar-refractivity contribution in [1.29, 1.82) is 0 Å². The molecule has 2 atom stereocenters. The Labute approximate surface area is 397 Å². The number of hydrogen-bond acceptors (Lipinski definition) is 8. The number of aliphatic carboxylic acids is 2. The molecule has 2 aliphatic rings. The number of unbranched alkanes of at least 4 members (excludes halogenated alkanes) is 1. The molecule has 0 saturated carbocycles. The number of carbonyl (C=O) groups is 2. The highest BCUT2D eigenvalue weighted by Gasteiger charge is 2.30. The van der Waals surface area contributed by atoms with Gasteiger partial charge in [-0.2, -0.15) is 8.78 Å². The summed E-state index contributed by atoms with van der Waals surface area (Å²) in [7, 11) is 0. The number of nitrogens with one attached hydrogen (secondary N) is 2. The van der Waals surface area contributed by atoms with Crippen LogP contribution >= 0.6 is 0 Å². The molecular weight excluding hydrogens is 881 g/mol. The first-order chi connectivity index (χ1) is 32.3. The average Bonchev–Trinajstić information content (AvgIpc) is 3.88. The van der Waals surface area contributed by atoms with Crippen LogP contribution in [0.25, 0.3) is 6.08 Å². The van der Waals surface area contributed by atoms with E-state index in [1.807, 2.05) is 0 Å². The molecule has 0 bridgehead atoms. The highest BCUT2D eigenvalue weighted by atomic mass is 19.2. The molecule has 0 saturated heterocycles. The van der Waals surface area contributed by atoms with E-state index in [1.165, 1.54) is 40.5 Å². The number of aliphatic hydroxyl groups is 2. The van der Waals surface area contributed by atoms with Crippen LogP contribution in [0.5, 0.6) is 11.5 Å². The molecule has 0 radical (unpaired) electrons. The number of ether oxygens (including phenoxy) is 2. The summed E-state index contributed by atoms with van der Waals surface area (Å²) in [5.74, 6) is -5.56. The molecule has 0 fully saturated rings. The van der Waals surface area contributed by atoms with Gasteiger partial charge >= 0.3 is 11.9 Å². The number of hydrogen-bond donors (Lipinski definition) is 6. The van der Waals surface area contributed by atoms with Crippen molar-refractivity contribution in [2.45, 2.75) is 128 Å². The Morgan fingerprint density at radius 1 is 0.662 bits per heavy atom. The zero-order valence-electron chi connectivity index (χ0n) is 39.6. The SMILES string of the molecule is CC(C)(CC1Cc2ccccc2C1)NC[C@@H](O)COc1cc(/C=C/CCC(=O)O)cc(F)c1F.CC(C)(CC1Cc2ccccc2C1)NC[C@@H](O)COc1cc(CCCCC(=O)O)cc(F)c1F. The second-order valence-corrected chi connectivity index (χ2v) is 19.6. The van der Waals surface area contributed by atoms with Crippen molar-refractivity contribution < 1.29 is 57.1 Å². The van der Waals surface area contributed by atoms with Gasteiger partial charge in [-0.15, -0.1) is 0 Å². The number of aliphatic hydroxyl groups excluding tert-OH is 2. The fourth-order valence-corrected chi connectivity index (χ4v) is 9.14. The lowest BCUT2D eigenvalue weighted by molar-refractivity contribution is -0.138. The standard InChI is InChI=1S/C27H35F2NO4.C27H33F2NO4/c2*1-27(2,15-19-11-20-8-4-5-9-21(20)12-19)30-16-22(31)17-34-24-14-18(13-23(28)26(24)29)7-3-6-10-25(32)33/h4-5,8-9,13-14,19,22,30-31H,3,6-7,10-12,15-17H2,1-2H3,(H,32,33);3-5,7-9,13-14,19,22,30-31H,6,10-12,15-17H2,1-2H3,(H,32,33)/b;7-3+/t2*22-/m11/s1. The Morgan fingerprint density at radius 3 is 1.56 bits per heavy atom. The van der Waals surface area contributed by atoms with Gasteiger partial charge in [0.25, 0.3) is 0 Å². The predicted octanol–water partition coefficient (Wildman–Crippen LogP) is 9.43. The van der Waals surface area contributed by atoms with Crippen molar-refractivity contribution in [1.82, 2.24) is 10.6 Å². The molecule has 0 aliphatic heterocycles. The molecule has 0 spiro atoms. The van der Waals surface area contributed by atoms with E-state index in [0.29, 0.717) is 42.2 Å². The predicted molar refractivity (Wildman–Crippen MR) is 255 cm³/mol. The van der Waals surface area contributed by atoms with Crippen molar-refractivity contribution >= 4 is 18.0 Å². The Balaban J connectivity index is 0.000000254. The van der Waals surface area contributed by atoms with E-state index in [1.54, 1.807) is 6.08 Å². The fourth-order valence-electron chi connectivity index (χ4n) is 9.14. The maximum atomic E-state index is 14.2. The van der Waals surface area contributed by atoms with Crippen molar-refractivity contribution in [3.05, 3.63) is 136 Å². The summed E-state index contributed by atoms with van der Waals surface area (Å²) >= 11 is 0. The largest absolute Gasteiger partial charge is 0.488 e. The lowest BCUT2D eigenvalue weighted by atomic mass is 9.88. The maximum absolute atomic E-state index is 14.2. The molecule has 14 heteroatoms. The Bertz CT molecular complexity index is 2270. The van der Waals surface area contributed by atoms with Crippen LogP contribution in [0, 0.1) is 35.1 Å². The second kappa shape index (κ2) is 25.4. The Kier molecular flexibility index (Phi) is 20.0. The zero-order valence-corrected chi connectivity index (χ0v) is 39.6. The van der Waals surface area contributed by atoms with Crippen molar-refractivity contribution in [2.75, 3.05) is 26.3 Å². The molecule has 68 heavy (non-hydrogen) atoms. The van der Waals surface area contributed by atoms with E-state index >= 15 is 0 Å². The minimum Gasteiger partial charge on any atom is -0.488 e. The third-order valence-electron chi connectivity index (χ3n) is 12.4. The smallest absolute Gasteiger partial charge is 0.303 e. The van der Waals surface area contributed by atoms with Crippen molar-refractivity contribution in [2.24, 2.45) is 11.8 Å². The van der Waals surface area contributed by atoms with E-state index in [9.17, 15) is 37.4 Å². The van der Waals surface area contributed by atoms with Crippen LogP contribution in [-0.2, 0) is 41.7 Å². The second-order valence-electron chi connectivity index (χ2n) is 19.6. The molecule has 0 aromatic heterocycles. The van der Waals surface area contributed by atoms with Crippen LogP contribution in [0.1, 0.15) is 106 Å². The minimum atomic E-state index is -1.12. The summed E-state index contributed by atoms with van der Waals surface area (Å²) in [6.07, 6.45) is 9.12. The van der Waals surface area contributed by atoms with Crippen molar-refractivity contribution in [3.8, 4) is 11.5 Å². The highest BCUT2D eigenvalue weighted by Crippen LogP contribution is 2.33. The first kappa shape index (κ1) is 53.7. The first-order valence-electron chi connectivity index (χ1n) is 23.6. The lowest BCUT2D eigenvalue weighted by Gasteiger charge is -2.30. The Hall–Kier alpha value is -5.28. The van der Waals surface area contributed by atoms with Gasteiger partial charge in [0.15, 0.2) is 23.1 Å². The van der Waals surface area contributed by atoms with E-state index in [2.05, 4.69) is 86.9 Å². The summed E-state index contributed by atoms with van der Waals surface area (Å²) in [4.78, 5) is 21.2. The number of carboxylic acids is 2. The number of rotatable bonds is 25. The molecule has 2 aliphatic carbocycles. The topological polar surface area (TPSA) is 158 Å². The van der Waals surface area contributed by atoms with E-state index < -0.39 is 47.4 Å². The van der Waals surface area contributed by atoms with Gasteiger partial charge in [-0.3, -0.25) is 9.59 Å². The average molecular weight is 949 g/mol. The first-order valence-corrected chi connectivity index (χ1v) is 23.6. The molecule has 10 nitrogen and oxygen atoms in total. The molecule has 4 aromatic rings. The number of allylic oxidation sites excluding steroid dienone is 1. The third kappa shape index (κ3) is 17.7. The number of halogens is 4. The van der Waals surface area contributed by atoms with Gasteiger partial charge < -0.3 is 40.5 Å². The molecule has 0 unspecified atom stereocenters. The minimum absolute atomic E-state index is 0.0380. The van der Waals surface area contributed by atoms with Gasteiger partial charge in [-0.25, -0.2) is 8.78 Å². The van der Waals surface area contributed by atoms with Gasteiger partial charge in [-0.1, -0.05) is 60.7 Å². The van der Waals surface area contributed by atoms with Gasteiger partial charge in [0.2, 0.25) is 11.6 Å². The summed E-state index contributed by atoms with van der Waals surface area (Å²) in [6.45, 7) is 8.56. The van der Waals surface area contributed by atoms with Gasteiger partial charge in [0, 0.05) is 37.0 Å². The molecule has 370 valence electrons. The number of β-amino-alcohol motifs (C(OH)–C–C–N with tert-alkyl or cyclic N) is 2. The number of benzene rings is 4. The Morgan fingerprint density at radius 2 is 1.10 bits per heavy atom. The maximum Gasteiger partial charge on any atom is 0.303 e. The molecular formula is C54H68F4N2O8. The quantitative estimate of drug-likeness (QED) is 0.0280. The fraction of sp³-hybridized carbons (Fsp3) is 0.481. The number of carboxylic acid groups (broad SMARTS) is 2. The summed E-state index contributed by atoms with van der Waals surface area (Å²) in [5, 5.41) is 44.9. The van der Waals surface area contributed by atoms with E-state index in [4.69, 9.17) is 19.7 Å². The molecule has 4 aromatic carbocycles. The normalized spacial score (nSPS) is 14.9. The molecule has 6 N–H and O–H groups in total. The number of aryl methyl sites for hydroxylation is 1. The summed E-state index contributed by atoms with van der Waals surface area (Å²) in [6, 6.07) is 21.9. The molecule has 0 amide bonds. The highest BCUT2D eigenvalue weighted by molar-refractivity contribution is 5.67. The molecule has 0 heterocycles. The van der Waals surface area contributed by atoms with E-state index in [-0.39, 0.29) is 68.1 Å². The van der Waals surface area contributed by atoms with Crippen molar-refractivity contribution in [3.63, 3.8) is 0 Å². The third-order valence-corrected chi connectivity index (χ3v) is 12.4. The van der Waals surface area contributed by atoms with Crippen LogP contribution in [0.2, 0.25) is 0 Å². The van der Waals surface area contributed by atoms with Crippen LogP contribution in [0.4, 0.5) is 17.6 Å². The number of fused-ring (bicyclic) bond motifs is 2. The lowest BCUT2D eigenvalue weighted by Crippen LogP contribution is -2.46. The zero-order chi connectivity index (χ0) is 49.4. The van der Waals surface area contributed by atoms with Gasteiger partial charge in [0.05, 0.1) is 0 Å². The monoisotopic (exact) mass is 948 g/mol. The van der Waals surface area contributed by atoms with E-state index in [0.717, 1.165) is 50.7 Å². The van der Waals surface area contributed by atoms with Gasteiger partial charge in [0.1, 0.15) is 25.4 Å². The molecule has 6 rings (SSSR count).